The Morgan fingerprint density at radius 1 is 1.09 bits per heavy atom. The molecule has 10 heteroatoms. The number of hydrogen-bond acceptors (Lipinski definition) is 6. The summed E-state index contributed by atoms with van der Waals surface area (Å²) in [6.07, 6.45) is 8.77. The third kappa shape index (κ3) is 4.51. The number of fused-ring (bicyclic) bond motifs is 1. The molecule has 33 heavy (non-hydrogen) atoms. The summed E-state index contributed by atoms with van der Waals surface area (Å²) in [6, 6.07) is 19.4. The Hall–Kier alpha value is -4.31. The molecule has 0 aliphatic heterocycles. The zero-order chi connectivity index (χ0) is 22.5. The highest BCUT2D eigenvalue weighted by atomic mass is 32.2. The lowest BCUT2D eigenvalue weighted by Crippen LogP contribution is -2.21. The number of rotatable bonds is 7. The van der Waals surface area contributed by atoms with Crippen LogP contribution in [-0.4, -0.2) is 42.7 Å². The highest BCUT2D eigenvalue weighted by molar-refractivity contribution is 7.99. The number of hydrazone groups is 1. The van der Waals surface area contributed by atoms with E-state index in [0.29, 0.717) is 11.0 Å². The molecule has 0 unspecified atom stereocenters. The van der Waals surface area contributed by atoms with Gasteiger partial charge in [-0.15, -0.1) is 10.2 Å². The second-order valence-electron chi connectivity index (χ2n) is 6.98. The quantitative estimate of drug-likeness (QED) is 0.170. The number of thioether (sulfide) groups is 1. The molecule has 0 saturated carbocycles. The van der Waals surface area contributed by atoms with E-state index in [9.17, 15) is 4.79 Å². The molecule has 0 bridgehead atoms. The fourth-order valence-corrected chi connectivity index (χ4v) is 4.05. The number of nitrogens with one attached hydrogen (secondary N) is 2. The molecule has 4 heterocycles. The zero-order valence-corrected chi connectivity index (χ0v) is 18.2. The lowest BCUT2D eigenvalue weighted by atomic mass is 10.2. The number of pyridine rings is 2. The van der Waals surface area contributed by atoms with Crippen molar-refractivity contribution in [2.24, 2.45) is 5.10 Å². The lowest BCUT2D eigenvalue weighted by Gasteiger charge is -2.09. The van der Waals surface area contributed by atoms with Crippen LogP contribution >= 0.6 is 11.8 Å². The maximum atomic E-state index is 12.4. The van der Waals surface area contributed by atoms with Gasteiger partial charge in [0.15, 0.2) is 11.0 Å². The van der Waals surface area contributed by atoms with Gasteiger partial charge < -0.3 is 0 Å². The van der Waals surface area contributed by atoms with Crippen LogP contribution in [0.2, 0.25) is 0 Å². The largest absolute Gasteiger partial charge is 0.272 e. The Balaban J connectivity index is 1.30. The van der Waals surface area contributed by atoms with Crippen molar-refractivity contribution in [3.63, 3.8) is 0 Å². The molecular formula is C23H19N8OS+. The molecule has 0 radical (unpaired) electrons. The van der Waals surface area contributed by atoms with Crippen LogP contribution in [0.1, 0.15) is 5.56 Å². The highest BCUT2D eigenvalue weighted by Gasteiger charge is 2.17. The van der Waals surface area contributed by atoms with Gasteiger partial charge in [0.1, 0.15) is 0 Å². The average molecular weight is 456 g/mol. The number of nitrogens with zero attached hydrogens (tertiary/aromatic N) is 6. The van der Waals surface area contributed by atoms with Gasteiger partial charge in [0.2, 0.25) is 11.7 Å². The molecule has 5 aromatic rings. The van der Waals surface area contributed by atoms with Crippen molar-refractivity contribution in [1.29, 1.82) is 0 Å². The van der Waals surface area contributed by atoms with E-state index in [1.165, 1.54) is 11.8 Å². The lowest BCUT2D eigenvalue weighted by molar-refractivity contribution is -0.576. The topological polar surface area (TPSA) is 105 Å². The van der Waals surface area contributed by atoms with Crippen molar-refractivity contribution >= 4 is 29.4 Å². The number of aromatic nitrogens is 6. The van der Waals surface area contributed by atoms with Gasteiger partial charge in [-0.1, -0.05) is 34.5 Å². The molecule has 0 spiro atoms. The van der Waals surface area contributed by atoms with Gasteiger partial charge >= 0.3 is 0 Å². The Bertz CT molecular complexity index is 1410. The molecule has 9 nitrogen and oxygen atoms in total. The van der Waals surface area contributed by atoms with E-state index >= 15 is 0 Å². The van der Waals surface area contributed by atoms with Gasteiger partial charge in [-0.05, 0) is 30.3 Å². The van der Waals surface area contributed by atoms with Crippen LogP contribution in [0, 0.1) is 0 Å². The standard InChI is InChI=1S/C23H18N8OS/c32-21(27-25-14-18-15-26-30-13-5-4-8-20(18)30)16-33-23-29-28-22(17-9-11-24-12-10-17)31(23)19-6-2-1-3-7-19/h1-15H,16H2,(H,27,32)/p+1/b25-14+. The molecule has 5 rings (SSSR count). The monoisotopic (exact) mass is 455 g/mol. The summed E-state index contributed by atoms with van der Waals surface area (Å²) in [5, 5.41) is 16.5. The third-order valence-electron chi connectivity index (χ3n) is 4.83. The minimum absolute atomic E-state index is 0.140. The summed E-state index contributed by atoms with van der Waals surface area (Å²) in [5.41, 5.74) is 6.20. The second kappa shape index (κ2) is 9.45. The fourth-order valence-electron chi connectivity index (χ4n) is 3.30. The van der Waals surface area contributed by atoms with E-state index in [1.807, 2.05) is 82.1 Å². The van der Waals surface area contributed by atoms with Gasteiger partial charge in [-0.2, -0.15) is 10.2 Å². The maximum absolute atomic E-state index is 12.4. The van der Waals surface area contributed by atoms with E-state index in [0.717, 1.165) is 22.3 Å². The fraction of sp³-hybridized carbons (Fsp3) is 0.0435. The molecule has 0 atom stereocenters. The smallest absolute Gasteiger partial charge is 0.250 e. The van der Waals surface area contributed by atoms with Crippen LogP contribution in [0.3, 0.4) is 0 Å². The molecule has 2 N–H and O–H groups in total. The van der Waals surface area contributed by atoms with Crippen LogP contribution in [0.5, 0.6) is 0 Å². The molecule has 1 aromatic carbocycles. The van der Waals surface area contributed by atoms with Crippen molar-refractivity contribution in [3.05, 3.63) is 91.0 Å². The van der Waals surface area contributed by atoms with E-state index in [1.54, 1.807) is 18.6 Å². The van der Waals surface area contributed by atoms with Gasteiger partial charge in [-0.25, -0.2) is 5.43 Å². The number of para-hydroxylation sites is 1. The molecule has 0 saturated heterocycles. The normalized spacial score (nSPS) is 11.3. The van der Waals surface area contributed by atoms with E-state index < -0.39 is 0 Å². The Kier molecular flexibility index (Phi) is 5.89. The molecular weight excluding hydrogens is 436 g/mol. The van der Waals surface area contributed by atoms with Crippen molar-refractivity contribution in [3.8, 4) is 17.1 Å². The van der Waals surface area contributed by atoms with Gasteiger partial charge in [-0.3, -0.25) is 14.3 Å². The summed E-state index contributed by atoms with van der Waals surface area (Å²) >= 11 is 1.29. The number of amides is 1. The molecule has 0 aliphatic rings. The molecule has 4 aromatic heterocycles. The van der Waals surface area contributed by atoms with E-state index in [2.05, 4.69) is 30.8 Å². The maximum Gasteiger partial charge on any atom is 0.250 e. The average Bonchev–Trinajstić information content (AvgIpc) is 3.48. The van der Waals surface area contributed by atoms with Crippen molar-refractivity contribution < 1.29 is 9.31 Å². The molecule has 162 valence electrons. The Labute approximate surface area is 193 Å². The number of H-pyrrole nitrogens is 1. The van der Waals surface area contributed by atoms with E-state index in [4.69, 9.17) is 0 Å². The van der Waals surface area contributed by atoms with Crippen molar-refractivity contribution in [2.45, 2.75) is 5.16 Å². The first-order chi connectivity index (χ1) is 16.3. The van der Waals surface area contributed by atoms with Gasteiger partial charge in [0.25, 0.3) is 5.91 Å². The van der Waals surface area contributed by atoms with Gasteiger partial charge in [0, 0.05) is 35.8 Å². The SMILES string of the molecule is O=C(CSc1nnc(-c2ccncc2)n1-c1ccccc1)N/N=C/c1c[nH][n+]2ccccc12. The molecule has 0 aliphatic carbocycles. The summed E-state index contributed by atoms with van der Waals surface area (Å²) in [5.74, 6) is 0.583. The number of benzene rings is 1. The minimum Gasteiger partial charge on any atom is -0.272 e. The van der Waals surface area contributed by atoms with Crippen LogP contribution in [-0.2, 0) is 4.79 Å². The predicted molar refractivity (Wildman–Crippen MR) is 125 cm³/mol. The first-order valence-corrected chi connectivity index (χ1v) is 11.1. The first-order valence-electron chi connectivity index (χ1n) is 10.1. The van der Waals surface area contributed by atoms with Crippen molar-refractivity contribution in [2.75, 3.05) is 5.75 Å². The van der Waals surface area contributed by atoms with Crippen LogP contribution in [0.15, 0.2) is 95.7 Å². The summed E-state index contributed by atoms with van der Waals surface area (Å²) in [7, 11) is 0. The van der Waals surface area contributed by atoms with Gasteiger partial charge in [0.05, 0.1) is 23.7 Å². The molecule has 0 fully saturated rings. The minimum atomic E-state index is -0.239. The molecule has 1 amide bonds. The van der Waals surface area contributed by atoms with Crippen LogP contribution in [0.25, 0.3) is 22.6 Å². The van der Waals surface area contributed by atoms with E-state index in [-0.39, 0.29) is 11.7 Å². The summed E-state index contributed by atoms with van der Waals surface area (Å²) < 4.78 is 3.80. The number of carbonyl (C=O) groups excluding carboxylic acids is 1. The first kappa shape index (κ1) is 20.6. The Morgan fingerprint density at radius 3 is 2.76 bits per heavy atom. The second-order valence-corrected chi connectivity index (χ2v) is 7.92. The summed E-state index contributed by atoms with van der Waals surface area (Å²) in [4.78, 5) is 16.5. The third-order valence-corrected chi connectivity index (χ3v) is 5.76. The van der Waals surface area contributed by atoms with Crippen molar-refractivity contribution in [1.82, 2.24) is 30.3 Å². The summed E-state index contributed by atoms with van der Waals surface area (Å²) in [6.45, 7) is 0. The zero-order valence-electron chi connectivity index (χ0n) is 17.4. The number of aromatic amines is 1. The van der Waals surface area contributed by atoms with Crippen LogP contribution < -0.4 is 9.94 Å². The predicted octanol–water partition coefficient (Wildman–Crippen LogP) is 2.64. The Morgan fingerprint density at radius 2 is 1.91 bits per heavy atom. The van der Waals surface area contributed by atoms with Crippen LogP contribution in [0.4, 0.5) is 0 Å². The highest BCUT2D eigenvalue weighted by Crippen LogP contribution is 2.27. The number of hydrogen-bond donors (Lipinski definition) is 2. The number of carbonyl (C=O) groups is 1.